The molecule has 7 heteroatoms. The van der Waals surface area contributed by atoms with Crippen LogP contribution in [0.1, 0.15) is 22.8 Å². The van der Waals surface area contributed by atoms with Gasteiger partial charge in [0.1, 0.15) is 5.52 Å². The van der Waals surface area contributed by atoms with Crippen molar-refractivity contribution in [3.05, 3.63) is 75.4 Å². The zero-order valence-electron chi connectivity index (χ0n) is 14.0. The molecule has 0 unspecified atom stereocenters. The largest absolute Gasteiger partial charge is 0.355 e. The van der Waals surface area contributed by atoms with Crippen molar-refractivity contribution >= 4 is 52.1 Å². The fourth-order valence-electron chi connectivity index (χ4n) is 3.15. The molecule has 2 N–H and O–H groups in total. The number of rotatable bonds is 1. The predicted octanol–water partition coefficient (Wildman–Crippen LogP) is 4.56. The summed E-state index contributed by atoms with van der Waals surface area (Å²) >= 11 is 0. The molecule has 7 nitrogen and oxygen atoms in total. The minimum atomic E-state index is -0.401. The van der Waals surface area contributed by atoms with Crippen LogP contribution in [-0.4, -0.2) is 24.9 Å². The number of aromatic nitrogens is 4. The third kappa shape index (κ3) is 2.91. The van der Waals surface area contributed by atoms with E-state index in [4.69, 9.17) is 0 Å². The van der Waals surface area contributed by atoms with Crippen LogP contribution in [0.4, 0.5) is 5.69 Å². The fraction of sp³-hybridized carbons (Fsp3) is 0. The molecule has 0 radical (unpaired) electrons. The number of fused-ring (bicyclic) bond motifs is 8. The summed E-state index contributed by atoms with van der Waals surface area (Å²) in [5.74, 6) is 0. The lowest BCUT2D eigenvalue weighted by Crippen LogP contribution is -1.85. The Hall–Kier alpha value is -4.00. The van der Waals surface area contributed by atoms with Crippen LogP contribution in [0.5, 0.6) is 0 Å². The minimum Gasteiger partial charge on any atom is -0.355 e. The predicted molar refractivity (Wildman–Crippen MR) is 106 cm³/mol. The zero-order chi connectivity index (χ0) is 18.4. The highest BCUT2D eigenvalue weighted by Gasteiger charge is 2.13. The third-order valence-corrected chi connectivity index (χ3v) is 4.34. The van der Waals surface area contributed by atoms with Crippen LogP contribution >= 0.6 is 0 Å². The van der Waals surface area contributed by atoms with Crippen molar-refractivity contribution in [1.29, 1.82) is 0 Å². The molecule has 3 aromatic heterocycles. The van der Waals surface area contributed by atoms with Gasteiger partial charge in [0.25, 0.3) is 5.69 Å². The number of nitrogens with one attached hydrogen (secondary N) is 2. The average Bonchev–Trinajstić information content (AvgIpc) is 3.38. The molecule has 0 amide bonds. The van der Waals surface area contributed by atoms with Crippen LogP contribution in [0, 0.1) is 10.1 Å². The van der Waals surface area contributed by atoms with E-state index in [2.05, 4.69) is 19.9 Å². The normalized spacial score (nSPS) is 12.4. The molecule has 3 aromatic rings. The molecule has 0 saturated heterocycles. The summed E-state index contributed by atoms with van der Waals surface area (Å²) in [6, 6.07) is 12.8. The van der Waals surface area contributed by atoms with Crippen molar-refractivity contribution in [3.8, 4) is 0 Å². The zero-order valence-corrected chi connectivity index (χ0v) is 14.0. The number of nitrogens with zero attached hydrogens (tertiary/aromatic N) is 3. The second kappa shape index (κ2) is 5.77. The Bertz CT molecular complexity index is 1310. The molecule has 0 atom stereocenters. The second-order valence-electron chi connectivity index (χ2n) is 6.32. The first-order chi connectivity index (χ1) is 13.1. The lowest BCUT2D eigenvalue weighted by atomic mass is 10.3. The Morgan fingerprint density at radius 2 is 1.22 bits per heavy atom. The Morgan fingerprint density at radius 1 is 0.704 bits per heavy atom. The molecule has 130 valence electrons. The van der Waals surface area contributed by atoms with Crippen LogP contribution < -0.4 is 0 Å². The molecular formula is C20H13N5O2. The van der Waals surface area contributed by atoms with Gasteiger partial charge < -0.3 is 9.97 Å². The van der Waals surface area contributed by atoms with Crippen molar-refractivity contribution in [2.24, 2.45) is 0 Å². The fourth-order valence-corrected chi connectivity index (χ4v) is 3.15. The molecule has 0 aliphatic carbocycles. The first-order valence-corrected chi connectivity index (χ1v) is 8.35. The smallest absolute Gasteiger partial charge is 0.294 e. The minimum absolute atomic E-state index is 0.00558. The summed E-state index contributed by atoms with van der Waals surface area (Å²) in [7, 11) is 0. The number of H-pyrrole nitrogens is 2. The average molecular weight is 355 g/mol. The van der Waals surface area contributed by atoms with Crippen LogP contribution in [-0.2, 0) is 0 Å². The molecule has 27 heavy (non-hydrogen) atoms. The van der Waals surface area contributed by atoms with Gasteiger partial charge in [-0.3, -0.25) is 10.1 Å². The van der Waals surface area contributed by atoms with E-state index in [1.807, 2.05) is 48.6 Å². The lowest BCUT2D eigenvalue weighted by molar-refractivity contribution is -0.382. The van der Waals surface area contributed by atoms with Gasteiger partial charge in [-0.15, -0.1) is 0 Å². The highest BCUT2D eigenvalue weighted by molar-refractivity contribution is 5.80. The van der Waals surface area contributed by atoms with E-state index in [0.717, 1.165) is 28.1 Å². The molecule has 0 fully saturated rings. The van der Waals surface area contributed by atoms with Gasteiger partial charge in [-0.1, -0.05) is 0 Å². The van der Waals surface area contributed by atoms with Crippen molar-refractivity contribution in [1.82, 2.24) is 19.9 Å². The molecule has 0 aromatic carbocycles. The second-order valence-corrected chi connectivity index (χ2v) is 6.32. The van der Waals surface area contributed by atoms with Gasteiger partial charge in [-0.25, -0.2) is 9.97 Å². The molecule has 2 aliphatic rings. The van der Waals surface area contributed by atoms with Gasteiger partial charge in [0.15, 0.2) is 0 Å². The van der Waals surface area contributed by atoms with Crippen molar-refractivity contribution < 1.29 is 4.92 Å². The van der Waals surface area contributed by atoms with E-state index in [9.17, 15) is 10.1 Å². The van der Waals surface area contributed by atoms with E-state index < -0.39 is 4.92 Å². The molecular weight excluding hydrogens is 342 g/mol. The molecule has 8 bridgehead atoms. The standard InChI is InChI=1S/C20H13N5O2/c26-25(27)20-11-18-9-16-4-3-14(22-16)7-12-1-2-13(21-12)8-15-5-6-17(23-15)10-19(20)24-18/h1-11,21,24H. The van der Waals surface area contributed by atoms with Crippen LogP contribution in [0.25, 0.3) is 46.4 Å². The maximum Gasteiger partial charge on any atom is 0.294 e. The van der Waals surface area contributed by atoms with Crippen LogP contribution in [0.2, 0.25) is 0 Å². The van der Waals surface area contributed by atoms with Gasteiger partial charge in [0.05, 0.1) is 27.7 Å². The van der Waals surface area contributed by atoms with E-state index >= 15 is 0 Å². The summed E-state index contributed by atoms with van der Waals surface area (Å²) in [6.07, 6.45) is 7.49. The monoisotopic (exact) mass is 355 g/mol. The topological polar surface area (TPSA) is 100 Å². The molecule has 5 rings (SSSR count). The van der Waals surface area contributed by atoms with Gasteiger partial charge in [-0.2, -0.15) is 0 Å². The van der Waals surface area contributed by atoms with Gasteiger partial charge in [0, 0.05) is 22.6 Å². The van der Waals surface area contributed by atoms with Crippen molar-refractivity contribution in [2.45, 2.75) is 0 Å². The summed E-state index contributed by atoms with van der Waals surface area (Å²) in [4.78, 5) is 26.5. The van der Waals surface area contributed by atoms with Crippen molar-refractivity contribution in [3.63, 3.8) is 0 Å². The highest BCUT2D eigenvalue weighted by Crippen LogP contribution is 2.24. The SMILES string of the molecule is O=[N+]([O-])c1cc2cc3nc(cc4ccc(cc5nc(cc1[nH]2)C=C5)[nH]4)C=C3. The molecule has 0 spiro atoms. The van der Waals surface area contributed by atoms with E-state index in [1.54, 1.807) is 12.1 Å². The molecule has 2 aliphatic heterocycles. The molecule has 5 heterocycles. The third-order valence-electron chi connectivity index (χ3n) is 4.34. The first kappa shape index (κ1) is 15.3. The quantitative estimate of drug-likeness (QED) is 0.340. The van der Waals surface area contributed by atoms with E-state index in [-0.39, 0.29) is 5.69 Å². The van der Waals surface area contributed by atoms with Gasteiger partial charge >= 0.3 is 0 Å². The number of aromatic amines is 2. The molecule has 0 saturated carbocycles. The van der Waals surface area contributed by atoms with Gasteiger partial charge in [-0.05, 0) is 60.7 Å². The summed E-state index contributed by atoms with van der Waals surface area (Å²) in [5.41, 5.74) is 5.85. The number of nitro groups is 1. The Morgan fingerprint density at radius 3 is 1.78 bits per heavy atom. The van der Waals surface area contributed by atoms with Crippen LogP contribution in [0.15, 0.2) is 42.5 Å². The summed E-state index contributed by atoms with van der Waals surface area (Å²) < 4.78 is 0. The maximum absolute atomic E-state index is 11.4. The Labute approximate surface area is 152 Å². The van der Waals surface area contributed by atoms with E-state index in [0.29, 0.717) is 16.7 Å². The van der Waals surface area contributed by atoms with E-state index in [1.165, 1.54) is 6.07 Å². The van der Waals surface area contributed by atoms with Crippen LogP contribution in [0.3, 0.4) is 0 Å². The number of hydrogen-bond donors (Lipinski definition) is 2. The lowest BCUT2D eigenvalue weighted by Gasteiger charge is -1.86. The highest BCUT2D eigenvalue weighted by atomic mass is 16.6. The summed E-state index contributed by atoms with van der Waals surface area (Å²) in [6.45, 7) is 0. The number of hydrogen-bond acceptors (Lipinski definition) is 4. The van der Waals surface area contributed by atoms with Crippen molar-refractivity contribution in [2.75, 3.05) is 0 Å². The Balaban J connectivity index is 1.87. The summed E-state index contributed by atoms with van der Waals surface area (Å²) in [5, 5.41) is 11.4. The Kier molecular flexibility index (Phi) is 3.26. The van der Waals surface area contributed by atoms with Gasteiger partial charge in [0.2, 0.25) is 0 Å². The maximum atomic E-state index is 11.4. The first-order valence-electron chi connectivity index (χ1n) is 8.35.